The number of fused-ring (bicyclic) bond motifs is 1. The highest BCUT2D eigenvalue weighted by Crippen LogP contribution is 2.35. The Labute approximate surface area is 221 Å². The Morgan fingerprint density at radius 1 is 1.00 bits per heavy atom. The number of carbonyl (C=O) groups excluding carboxylic acids is 1. The minimum atomic E-state index is -1.95. The van der Waals surface area contributed by atoms with Crippen LogP contribution < -0.4 is 10.2 Å². The molecule has 8 heteroatoms. The maximum atomic E-state index is 12.3. The minimum Gasteiger partial charge on any atom is -0.478 e. The SMILES string of the molecule is Cn1c(N(Cc2ccc(C(=O)NC(O)C(=O)O)cc2)c2ccc(C3CCCCC3)cc2)nc2ccccc21. The number of nitrogens with one attached hydrogen (secondary N) is 1. The van der Waals surface area contributed by atoms with E-state index in [0.717, 1.165) is 28.2 Å². The number of aliphatic hydroxyl groups excluding tert-OH is 1. The molecule has 38 heavy (non-hydrogen) atoms. The molecule has 1 fully saturated rings. The molecule has 1 unspecified atom stereocenters. The van der Waals surface area contributed by atoms with Crippen molar-refractivity contribution in [2.24, 2.45) is 7.05 Å². The summed E-state index contributed by atoms with van der Waals surface area (Å²) in [5.41, 5.74) is 5.57. The predicted molar refractivity (Wildman–Crippen MR) is 146 cm³/mol. The van der Waals surface area contributed by atoms with Gasteiger partial charge >= 0.3 is 5.97 Å². The van der Waals surface area contributed by atoms with Gasteiger partial charge in [-0.2, -0.15) is 0 Å². The molecule has 0 radical (unpaired) electrons. The van der Waals surface area contributed by atoms with E-state index in [9.17, 15) is 14.7 Å². The van der Waals surface area contributed by atoms with Crippen molar-refractivity contribution in [2.75, 3.05) is 4.90 Å². The van der Waals surface area contributed by atoms with Crippen LogP contribution in [-0.4, -0.2) is 37.9 Å². The largest absolute Gasteiger partial charge is 0.478 e. The lowest BCUT2D eigenvalue weighted by Gasteiger charge is -2.26. The molecule has 1 aliphatic rings. The number of aromatic nitrogens is 2. The van der Waals surface area contributed by atoms with Gasteiger partial charge in [-0.15, -0.1) is 0 Å². The standard InChI is InChI=1S/C30H32N4O4/c1-33-26-10-6-5-9-25(26)31-30(33)34(24-17-15-22(16-18-24)21-7-3-2-4-8-21)19-20-11-13-23(14-12-20)27(35)32-28(36)29(37)38/h5-6,9-18,21,28,36H,2-4,7-8,19H2,1H3,(H,32,35)(H,37,38). The quantitative estimate of drug-likeness (QED) is 0.284. The van der Waals surface area contributed by atoms with Crippen molar-refractivity contribution in [3.63, 3.8) is 0 Å². The van der Waals surface area contributed by atoms with E-state index < -0.39 is 18.1 Å². The number of para-hydroxylation sites is 2. The summed E-state index contributed by atoms with van der Waals surface area (Å²) in [5.74, 6) is -0.733. The Morgan fingerprint density at radius 2 is 1.68 bits per heavy atom. The van der Waals surface area contributed by atoms with Gasteiger partial charge in [0, 0.05) is 18.3 Å². The highest BCUT2D eigenvalue weighted by molar-refractivity contribution is 5.96. The Bertz CT molecular complexity index is 1420. The second kappa shape index (κ2) is 11.1. The van der Waals surface area contributed by atoms with Gasteiger partial charge in [0.15, 0.2) is 0 Å². The summed E-state index contributed by atoms with van der Waals surface area (Å²) in [6.07, 6.45) is 4.46. The first kappa shape index (κ1) is 25.5. The Kier molecular flexibility index (Phi) is 7.42. The molecule has 0 aliphatic heterocycles. The highest BCUT2D eigenvalue weighted by atomic mass is 16.4. The Hall–Kier alpha value is -4.17. The van der Waals surface area contributed by atoms with Crippen LogP contribution in [0.1, 0.15) is 59.5 Å². The zero-order valence-electron chi connectivity index (χ0n) is 21.4. The molecule has 1 amide bonds. The minimum absolute atomic E-state index is 0.264. The van der Waals surface area contributed by atoms with Crippen LogP contribution in [-0.2, 0) is 18.4 Å². The van der Waals surface area contributed by atoms with Crippen LogP contribution in [0.15, 0.2) is 72.8 Å². The van der Waals surface area contributed by atoms with E-state index in [1.54, 1.807) is 12.1 Å². The van der Waals surface area contributed by atoms with Crippen LogP contribution >= 0.6 is 0 Å². The van der Waals surface area contributed by atoms with Gasteiger partial charge in [-0.3, -0.25) is 4.79 Å². The zero-order valence-corrected chi connectivity index (χ0v) is 21.4. The van der Waals surface area contributed by atoms with Crippen molar-refractivity contribution >= 4 is 34.5 Å². The van der Waals surface area contributed by atoms with E-state index in [4.69, 9.17) is 10.1 Å². The summed E-state index contributed by atoms with van der Waals surface area (Å²) >= 11 is 0. The number of benzene rings is 3. The molecular formula is C30H32N4O4. The molecule has 1 aliphatic carbocycles. The number of aryl methyl sites for hydroxylation is 1. The highest BCUT2D eigenvalue weighted by Gasteiger charge is 2.21. The lowest BCUT2D eigenvalue weighted by molar-refractivity contribution is -0.147. The van der Waals surface area contributed by atoms with E-state index in [1.165, 1.54) is 37.7 Å². The molecule has 3 N–H and O–H groups in total. The van der Waals surface area contributed by atoms with Crippen LogP contribution in [0.2, 0.25) is 0 Å². The lowest BCUT2D eigenvalue weighted by atomic mass is 9.84. The summed E-state index contributed by atoms with van der Waals surface area (Å²) in [4.78, 5) is 30.2. The molecule has 0 saturated heterocycles. The first-order valence-electron chi connectivity index (χ1n) is 13.0. The molecule has 0 spiro atoms. The van der Waals surface area contributed by atoms with Gasteiger partial charge < -0.3 is 25.0 Å². The fourth-order valence-electron chi connectivity index (χ4n) is 5.23. The van der Waals surface area contributed by atoms with Gasteiger partial charge in [-0.05, 0) is 66.3 Å². The Balaban J connectivity index is 1.44. The number of anilines is 2. The van der Waals surface area contributed by atoms with Crippen LogP contribution in [0.4, 0.5) is 11.6 Å². The first-order valence-corrected chi connectivity index (χ1v) is 13.0. The maximum Gasteiger partial charge on any atom is 0.353 e. The number of carboxylic acid groups (broad SMARTS) is 1. The summed E-state index contributed by atoms with van der Waals surface area (Å²) in [6.45, 7) is 0.513. The summed E-state index contributed by atoms with van der Waals surface area (Å²) in [5, 5.41) is 20.3. The Morgan fingerprint density at radius 3 is 2.34 bits per heavy atom. The van der Waals surface area contributed by atoms with Crippen molar-refractivity contribution in [3.05, 3.63) is 89.5 Å². The molecule has 4 aromatic rings. The molecule has 0 bridgehead atoms. The van der Waals surface area contributed by atoms with Crippen LogP contribution in [0.3, 0.4) is 0 Å². The van der Waals surface area contributed by atoms with Crippen LogP contribution in [0.25, 0.3) is 11.0 Å². The molecular weight excluding hydrogens is 480 g/mol. The molecule has 1 aromatic heterocycles. The average molecular weight is 513 g/mol. The number of nitrogens with zero attached hydrogens (tertiary/aromatic N) is 3. The second-order valence-corrected chi connectivity index (χ2v) is 9.88. The van der Waals surface area contributed by atoms with Gasteiger partial charge in [0.1, 0.15) is 0 Å². The maximum absolute atomic E-state index is 12.3. The number of rotatable bonds is 8. The van der Waals surface area contributed by atoms with Crippen molar-refractivity contribution < 1.29 is 19.8 Å². The lowest BCUT2D eigenvalue weighted by Crippen LogP contribution is -2.40. The first-order chi connectivity index (χ1) is 18.4. The fraction of sp³-hybridized carbons (Fsp3) is 0.300. The number of aliphatic carboxylic acids is 1. The molecule has 196 valence electrons. The van der Waals surface area contributed by atoms with Crippen molar-refractivity contribution in [3.8, 4) is 0 Å². The summed E-state index contributed by atoms with van der Waals surface area (Å²) < 4.78 is 2.08. The normalized spacial score (nSPS) is 14.8. The predicted octanol–water partition coefficient (Wildman–Crippen LogP) is 5.09. The van der Waals surface area contributed by atoms with E-state index in [1.807, 2.05) is 37.4 Å². The summed E-state index contributed by atoms with van der Waals surface area (Å²) in [7, 11) is 2.01. The average Bonchev–Trinajstić information content (AvgIpc) is 3.28. The smallest absolute Gasteiger partial charge is 0.353 e. The second-order valence-electron chi connectivity index (χ2n) is 9.88. The number of hydrogen-bond donors (Lipinski definition) is 3. The van der Waals surface area contributed by atoms with E-state index >= 15 is 0 Å². The van der Waals surface area contributed by atoms with Crippen LogP contribution in [0, 0.1) is 0 Å². The molecule has 5 rings (SSSR count). The number of carbonyl (C=O) groups is 2. The van der Waals surface area contributed by atoms with Gasteiger partial charge in [-0.1, -0.05) is 55.7 Å². The van der Waals surface area contributed by atoms with E-state index in [0.29, 0.717) is 12.5 Å². The third kappa shape index (κ3) is 5.40. The molecule has 3 aromatic carbocycles. The van der Waals surface area contributed by atoms with Crippen molar-refractivity contribution in [2.45, 2.75) is 50.8 Å². The number of imidazole rings is 1. The molecule has 1 heterocycles. The van der Waals surface area contributed by atoms with Crippen molar-refractivity contribution in [1.29, 1.82) is 0 Å². The number of amides is 1. The monoisotopic (exact) mass is 512 g/mol. The molecule has 1 atom stereocenters. The van der Waals surface area contributed by atoms with Gasteiger partial charge in [0.2, 0.25) is 12.2 Å². The fourth-order valence-corrected chi connectivity index (χ4v) is 5.23. The summed E-state index contributed by atoms with van der Waals surface area (Å²) in [6, 6.07) is 23.7. The molecule has 8 nitrogen and oxygen atoms in total. The number of hydrogen-bond acceptors (Lipinski definition) is 5. The topological polar surface area (TPSA) is 108 Å². The zero-order chi connectivity index (χ0) is 26.6. The number of carboxylic acids is 1. The van der Waals surface area contributed by atoms with E-state index in [2.05, 4.69) is 45.1 Å². The van der Waals surface area contributed by atoms with Crippen molar-refractivity contribution in [1.82, 2.24) is 14.9 Å². The van der Waals surface area contributed by atoms with E-state index in [-0.39, 0.29) is 5.56 Å². The van der Waals surface area contributed by atoms with Gasteiger partial charge in [-0.25, -0.2) is 9.78 Å². The third-order valence-electron chi connectivity index (χ3n) is 7.34. The third-order valence-corrected chi connectivity index (χ3v) is 7.34. The van der Waals surface area contributed by atoms with Gasteiger partial charge in [0.05, 0.1) is 17.6 Å². The molecule has 1 saturated carbocycles. The van der Waals surface area contributed by atoms with Crippen LogP contribution in [0.5, 0.6) is 0 Å². The van der Waals surface area contributed by atoms with Gasteiger partial charge in [0.25, 0.3) is 5.91 Å². The number of aliphatic hydroxyl groups is 1.